The Kier molecular flexibility index (Phi) is 6.88. The predicted octanol–water partition coefficient (Wildman–Crippen LogP) is 2.96. The van der Waals surface area contributed by atoms with E-state index in [1.54, 1.807) is 10.9 Å². The first-order valence-corrected chi connectivity index (χ1v) is 11.5. The third kappa shape index (κ3) is 4.69. The van der Waals surface area contributed by atoms with Crippen LogP contribution in [-0.2, 0) is 16.0 Å². The summed E-state index contributed by atoms with van der Waals surface area (Å²) in [6, 6.07) is 8.15. The van der Waals surface area contributed by atoms with Crippen molar-refractivity contribution in [3.63, 3.8) is 0 Å². The fourth-order valence-electron chi connectivity index (χ4n) is 4.56. The number of nitrogens with zero attached hydrogens (tertiary/aromatic N) is 4. The van der Waals surface area contributed by atoms with E-state index in [0.717, 1.165) is 11.3 Å². The molecule has 1 aliphatic rings. The first-order valence-electron chi connectivity index (χ1n) is 11.5. The van der Waals surface area contributed by atoms with Gasteiger partial charge < -0.3 is 14.9 Å². The van der Waals surface area contributed by atoms with E-state index in [1.807, 2.05) is 52.0 Å². The molecular formula is C25H32N4O4. The van der Waals surface area contributed by atoms with Gasteiger partial charge in [-0.25, -0.2) is 15.0 Å². The molecular weight excluding hydrogens is 420 g/mol. The summed E-state index contributed by atoms with van der Waals surface area (Å²) >= 11 is 0. The Balaban J connectivity index is 1.51. The van der Waals surface area contributed by atoms with E-state index in [4.69, 9.17) is 4.74 Å². The van der Waals surface area contributed by atoms with Gasteiger partial charge in [0, 0.05) is 18.3 Å². The van der Waals surface area contributed by atoms with Crippen molar-refractivity contribution in [3.8, 4) is 0 Å². The molecule has 0 radical (unpaired) electrons. The average molecular weight is 453 g/mol. The van der Waals surface area contributed by atoms with Crippen LogP contribution in [0.2, 0.25) is 0 Å². The predicted molar refractivity (Wildman–Crippen MR) is 124 cm³/mol. The van der Waals surface area contributed by atoms with Crippen LogP contribution in [0.25, 0.3) is 11.2 Å². The maximum Gasteiger partial charge on any atom is 0.165 e. The van der Waals surface area contributed by atoms with Crippen molar-refractivity contribution in [1.29, 1.82) is 0 Å². The minimum atomic E-state index is -0.979. The van der Waals surface area contributed by atoms with Crippen LogP contribution in [-0.4, -0.2) is 54.3 Å². The van der Waals surface area contributed by atoms with Gasteiger partial charge in [-0.15, -0.1) is 0 Å². The molecule has 2 N–H and O–H groups in total. The van der Waals surface area contributed by atoms with Gasteiger partial charge >= 0.3 is 0 Å². The molecule has 2 unspecified atom stereocenters. The Morgan fingerprint density at radius 3 is 2.55 bits per heavy atom. The van der Waals surface area contributed by atoms with Gasteiger partial charge in [-0.2, -0.15) is 0 Å². The van der Waals surface area contributed by atoms with Gasteiger partial charge in [0.05, 0.1) is 24.7 Å². The third-order valence-electron chi connectivity index (χ3n) is 6.56. The van der Waals surface area contributed by atoms with Gasteiger partial charge in [0.2, 0.25) is 0 Å². The number of aliphatic hydroxyl groups is 2. The summed E-state index contributed by atoms with van der Waals surface area (Å²) in [4.78, 5) is 26.2. The van der Waals surface area contributed by atoms with Crippen molar-refractivity contribution in [2.75, 3.05) is 6.61 Å². The lowest BCUT2D eigenvalue weighted by atomic mass is 9.86. The molecule has 1 aromatic carbocycles. The van der Waals surface area contributed by atoms with Crippen molar-refractivity contribution >= 4 is 16.9 Å². The molecule has 1 fully saturated rings. The average Bonchev–Trinajstić information content (AvgIpc) is 3.36. The Bertz CT molecular complexity index is 1110. The quantitative estimate of drug-likeness (QED) is 0.541. The zero-order valence-electron chi connectivity index (χ0n) is 19.5. The van der Waals surface area contributed by atoms with Crippen LogP contribution in [0.1, 0.15) is 56.2 Å². The minimum Gasteiger partial charge on any atom is -0.394 e. The van der Waals surface area contributed by atoms with Gasteiger partial charge in [-0.05, 0) is 24.8 Å². The molecule has 3 aromatic rings. The summed E-state index contributed by atoms with van der Waals surface area (Å²) in [5, 5.41) is 21.0. The van der Waals surface area contributed by atoms with E-state index < -0.39 is 24.4 Å². The van der Waals surface area contributed by atoms with Gasteiger partial charge in [-0.3, -0.25) is 9.36 Å². The second-order valence-corrected chi connectivity index (χ2v) is 9.40. The monoisotopic (exact) mass is 452 g/mol. The van der Waals surface area contributed by atoms with Crippen LogP contribution < -0.4 is 0 Å². The number of aryl methyl sites for hydroxylation is 1. The number of ether oxygens (including phenoxy) is 1. The van der Waals surface area contributed by atoms with Crippen LogP contribution in [0, 0.1) is 18.8 Å². The highest BCUT2D eigenvalue weighted by molar-refractivity contribution is 5.81. The van der Waals surface area contributed by atoms with Gasteiger partial charge in [0.15, 0.2) is 11.9 Å². The van der Waals surface area contributed by atoms with E-state index in [9.17, 15) is 15.0 Å². The Labute approximate surface area is 193 Å². The van der Waals surface area contributed by atoms with Gasteiger partial charge in [0.25, 0.3) is 0 Å². The lowest BCUT2D eigenvalue weighted by molar-refractivity contribution is -0.124. The van der Waals surface area contributed by atoms with Crippen LogP contribution in [0.4, 0.5) is 0 Å². The van der Waals surface area contributed by atoms with Crippen LogP contribution in [0.5, 0.6) is 0 Å². The molecule has 33 heavy (non-hydrogen) atoms. The maximum absolute atomic E-state index is 13.0. The molecule has 8 nitrogen and oxygen atoms in total. The number of rotatable bonds is 8. The van der Waals surface area contributed by atoms with Crippen molar-refractivity contribution in [2.45, 2.75) is 64.9 Å². The SMILES string of the molecule is Cc1ccc(C[C@H](C)C(=O)C[C@H]2C(O)C(n3cnc4c(C(C)C)ncnc43)O[C@@H]2CO)cc1. The van der Waals surface area contributed by atoms with Crippen molar-refractivity contribution in [2.24, 2.45) is 11.8 Å². The Hall–Kier alpha value is -2.68. The lowest BCUT2D eigenvalue weighted by Crippen LogP contribution is -2.32. The summed E-state index contributed by atoms with van der Waals surface area (Å²) in [6.45, 7) is 7.72. The molecule has 176 valence electrons. The fourth-order valence-corrected chi connectivity index (χ4v) is 4.56. The molecule has 0 saturated carbocycles. The molecule has 5 atom stereocenters. The minimum absolute atomic E-state index is 0.0437. The van der Waals surface area contributed by atoms with E-state index in [0.29, 0.717) is 17.6 Å². The zero-order valence-corrected chi connectivity index (χ0v) is 19.5. The lowest BCUT2D eigenvalue weighted by Gasteiger charge is -2.20. The van der Waals surface area contributed by atoms with E-state index in [1.165, 1.54) is 11.9 Å². The number of fused-ring (bicyclic) bond motifs is 1. The molecule has 0 aliphatic carbocycles. The molecule has 8 heteroatoms. The van der Waals surface area contributed by atoms with E-state index >= 15 is 0 Å². The van der Waals surface area contributed by atoms with Crippen molar-refractivity contribution in [3.05, 3.63) is 53.7 Å². The highest BCUT2D eigenvalue weighted by Crippen LogP contribution is 2.38. The van der Waals surface area contributed by atoms with E-state index in [-0.39, 0.29) is 30.6 Å². The summed E-state index contributed by atoms with van der Waals surface area (Å²) in [5.41, 5.74) is 4.33. The van der Waals surface area contributed by atoms with Crippen LogP contribution in [0.3, 0.4) is 0 Å². The van der Waals surface area contributed by atoms with Crippen LogP contribution >= 0.6 is 0 Å². The first-order chi connectivity index (χ1) is 15.8. The summed E-state index contributed by atoms with van der Waals surface area (Å²) in [6.07, 6.45) is 1.42. The number of hydrogen-bond acceptors (Lipinski definition) is 7. The number of hydrogen-bond donors (Lipinski definition) is 2. The number of Topliss-reactive ketones (excluding diaryl/α,β-unsaturated/α-hetero) is 1. The Morgan fingerprint density at radius 1 is 1.15 bits per heavy atom. The Morgan fingerprint density at radius 2 is 1.88 bits per heavy atom. The fraction of sp³-hybridized carbons (Fsp3) is 0.520. The van der Waals surface area contributed by atoms with Gasteiger partial charge in [0.1, 0.15) is 23.7 Å². The number of imidazole rings is 1. The second-order valence-electron chi connectivity index (χ2n) is 9.40. The first kappa shape index (κ1) is 23.5. The molecule has 0 spiro atoms. The molecule has 1 aliphatic heterocycles. The maximum atomic E-state index is 13.0. The van der Waals surface area contributed by atoms with Crippen LogP contribution in [0.15, 0.2) is 36.9 Å². The molecule has 1 saturated heterocycles. The molecule has 2 aromatic heterocycles. The number of ketones is 1. The summed E-state index contributed by atoms with van der Waals surface area (Å²) < 4.78 is 7.69. The molecule has 0 bridgehead atoms. The number of benzene rings is 1. The third-order valence-corrected chi connectivity index (χ3v) is 6.56. The standard InChI is InChI=1S/C25H32N4O4/c1-14(2)21-22-24(27-12-26-21)29(13-28-22)25-23(32)18(20(11-30)33-25)10-19(31)16(4)9-17-7-5-15(3)6-8-17/h5-8,12-14,16,18,20,23,25,30,32H,9-11H2,1-4H3/t16-,18+,20+,23?,25?/m0/s1. The second kappa shape index (κ2) is 9.67. The summed E-state index contributed by atoms with van der Waals surface area (Å²) in [7, 11) is 0. The van der Waals surface area contributed by atoms with E-state index in [2.05, 4.69) is 15.0 Å². The number of aromatic nitrogens is 4. The normalized spacial score (nSPS) is 24.0. The molecule has 3 heterocycles. The number of carbonyl (C=O) groups excluding carboxylic acids is 1. The van der Waals surface area contributed by atoms with Gasteiger partial charge in [-0.1, -0.05) is 50.6 Å². The summed E-state index contributed by atoms with van der Waals surface area (Å²) in [5.74, 6) is -0.508. The topological polar surface area (TPSA) is 110 Å². The smallest absolute Gasteiger partial charge is 0.165 e. The van der Waals surface area contributed by atoms with Crippen molar-refractivity contribution in [1.82, 2.24) is 19.5 Å². The molecule has 0 amide bonds. The number of aliphatic hydroxyl groups excluding tert-OH is 2. The highest BCUT2D eigenvalue weighted by Gasteiger charge is 2.46. The highest BCUT2D eigenvalue weighted by atomic mass is 16.5. The van der Waals surface area contributed by atoms with Crippen molar-refractivity contribution < 1.29 is 19.7 Å². The zero-order chi connectivity index (χ0) is 23.7. The largest absolute Gasteiger partial charge is 0.394 e. The number of carbonyl (C=O) groups is 1. The molecule has 4 rings (SSSR count).